The highest BCUT2D eigenvalue weighted by atomic mass is 19.4. The van der Waals surface area contributed by atoms with Crippen LogP contribution in [0.1, 0.15) is 17.8 Å². The lowest BCUT2D eigenvalue weighted by molar-refractivity contribution is -0.118. The molecule has 0 bridgehead atoms. The highest BCUT2D eigenvalue weighted by molar-refractivity contribution is 6.60. The van der Waals surface area contributed by atoms with Crippen molar-refractivity contribution in [1.82, 2.24) is 0 Å². The Kier molecular flexibility index (Phi) is 3.39. The number of amides is 1. The summed E-state index contributed by atoms with van der Waals surface area (Å²) >= 11 is 0. The molecule has 82 valence electrons. The first-order chi connectivity index (χ1) is 6.91. The average molecular weight is 216 g/mol. The van der Waals surface area contributed by atoms with E-state index in [1.165, 1.54) is 24.3 Å². The summed E-state index contributed by atoms with van der Waals surface area (Å²) in [7, 11) is 0. The Balaban J connectivity index is 2.97. The molecule has 0 saturated carbocycles. The zero-order valence-corrected chi connectivity index (χ0v) is 7.87. The molecule has 1 atom stereocenters. The summed E-state index contributed by atoms with van der Waals surface area (Å²) in [5.41, 5.74) is 4.89. The van der Waals surface area contributed by atoms with E-state index >= 15 is 0 Å². The summed E-state index contributed by atoms with van der Waals surface area (Å²) in [6.07, 6.45) is -0.687. The van der Waals surface area contributed by atoms with Crippen molar-refractivity contribution in [3.63, 3.8) is 0 Å². The summed E-state index contributed by atoms with van der Waals surface area (Å²) in [5, 5.41) is 0. The number of hydrogen-bond donors (Lipinski definition) is 1. The van der Waals surface area contributed by atoms with Crippen LogP contribution in [0.3, 0.4) is 0 Å². The number of hydrogen-bond acceptors (Lipinski definition) is 1. The van der Waals surface area contributed by atoms with Crippen molar-refractivity contribution >= 4 is 12.9 Å². The van der Waals surface area contributed by atoms with Crippen LogP contribution >= 0.6 is 0 Å². The zero-order valence-electron chi connectivity index (χ0n) is 7.87. The maximum absolute atomic E-state index is 12.6. The maximum Gasteiger partial charge on any atom is 0.486 e. The van der Waals surface area contributed by atoms with Crippen molar-refractivity contribution < 1.29 is 17.7 Å². The molecule has 0 aliphatic heterocycles. The van der Waals surface area contributed by atoms with Gasteiger partial charge in [-0.3, -0.25) is 4.79 Å². The maximum atomic E-state index is 12.6. The van der Waals surface area contributed by atoms with Gasteiger partial charge in [-0.15, -0.1) is 0 Å². The van der Waals surface area contributed by atoms with E-state index in [2.05, 4.69) is 0 Å². The Morgan fingerprint density at radius 3 is 2.20 bits per heavy atom. The molecule has 0 heterocycles. The number of carbonyl (C=O) groups is 1. The summed E-state index contributed by atoms with van der Waals surface area (Å²) in [5.74, 6) is -2.69. The first-order valence-electron chi connectivity index (χ1n) is 4.44. The minimum Gasteiger partial charge on any atom is -0.448 e. The van der Waals surface area contributed by atoms with E-state index in [1.807, 2.05) is 0 Å². The van der Waals surface area contributed by atoms with Crippen molar-refractivity contribution in [1.29, 1.82) is 0 Å². The Hall–Kier alpha value is -1.46. The number of primary amides is 1. The van der Waals surface area contributed by atoms with E-state index in [4.69, 9.17) is 5.73 Å². The van der Waals surface area contributed by atoms with Crippen LogP contribution in [-0.4, -0.2) is 12.9 Å². The van der Waals surface area contributed by atoms with E-state index in [1.54, 1.807) is 6.07 Å². The van der Waals surface area contributed by atoms with Gasteiger partial charge in [-0.1, -0.05) is 35.9 Å². The summed E-state index contributed by atoms with van der Waals surface area (Å²) in [6, 6.07) is 7.33. The van der Waals surface area contributed by atoms with Crippen molar-refractivity contribution in [2.24, 2.45) is 5.73 Å². The molecule has 1 aromatic carbocycles. The molecule has 0 aromatic heterocycles. The van der Waals surface area contributed by atoms with Crippen LogP contribution in [0.25, 0.3) is 0 Å². The fourth-order valence-corrected chi connectivity index (χ4v) is 1.39. The van der Waals surface area contributed by atoms with E-state index in [0.717, 1.165) is 0 Å². The van der Waals surface area contributed by atoms with Gasteiger partial charge < -0.3 is 18.7 Å². The molecule has 0 fully saturated rings. The molecule has 1 amide bonds. The number of halogens is 3. The third-order valence-corrected chi connectivity index (χ3v) is 2.11. The molecular weight excluding hydrogens is 206 g/mol. The van der Waals surface area contributed by atoms with Crippen molar-refractivity contribution in [3.8, 4) is 0 Å². The molecular formula is C9H10BF3NO-. The van der Waals surface area contributed by atoms with Crippen LogP contribution in [0, 0.1) is 0 Å². The van der Waals surface area contributed by atoms with Crippen LogP contribution in [0.2, 0.25) is 0 Å². The third kappa shape index (κ3) is 3.30. The van der Waals surface area contributed by atoms with Gasteiger partial charge in [0.15, 0.2) is 0 Å². The highest BCUT2D eigenvalue weighted by Gasteiger charge is 2.36. The summed E-state index contributed by atoms with van der Waals surface area (Å²) in [6.45, 7) is -5.10. The van der Waals surface area contributed by atoms with Gasteiger partial charge in [0.25, 0.3) is 0 Å². The van der Waals surface area contributed by atoms with Crippen LogP contribution in [0.4, 0.5) is 12.9 Å². The smallest absolute Gasteiger partial charge is 0.448 e. The lowest BCUT2D eigenvalue weighted by Gasteiger charge is -2.26. The number of rotatable bonds is 4. The molecule has 1 aromatic rings. The summed E-state index contributed by atoms with van der Waals surface area (Å²) < 4.78 is 37.9. The van der Waals surface area contributed by atoms with Gasteiger partial charge in [0.2, 0.25) is 5.91 Å². The number of carbonyl (C=O) groups excluding carboxylic acids is 1. The molecule has 0 saturated heterocycles. The Labute approximate surface area is 85.3 Å². The molecule has 0 radical (unpaired) electrons. The van der Waals surface area contributed by atoms with E-state index in [-0.39, 0.29) is 5.56 Å². The molecule has 6 heteroatoms. The van der Waals surface area contributed by atoms with E-state index < -0.39 is 25.1 Å². The molecule has 0 aliphatic rings. The van der Waals surface area contributed by atoms with Gasteiger partial charge >= 0.3 is 6.98 Å². The minimum atomic E-state index is -5.10. The van der Waals surface area contributed by atoms with Gasteiger partial charge in [0.05, 0.1) is 0 Å². The van der Waals surface area contributed by atoms with Crippen LogP contribution < -0.4 is 5.73 Å². The summed E-state index contributed by atoms with van der Waals surface area (Å²) in [4.78, 5) is 10.6. The molecule has 15 heavy (non-hydrogen) atoms. The standard InChI is InChI=1S/C9H10BF3NO/c11-10(12,13)8(6-9(14)15)7-4-2-1-3-5-7/h1-5,8H,6H2,(H2,14,15)/q-1. The second-order valence-corrected chi connectivity index (χ2v) is 3.31. The first kappa shape index (κ1) is 11.6. The average Bonchev–Trinajstić information content (AvgIpc) is 2.14. The van der Waals surface area contributed by atoms with Crippen LogP contribution in [0.15, 0.2) is 30.3 Å². The van der Waals surface area contributed by atoms with Gasteiger partial charge in [-0.25, -0.2) is 0 Å². The van der Waals surface area contributed by atoms with Gasteiger partial charge in [0, 0.05) is 6.42 Å². The first-order valence-corrected chi connectivity index (χ1v) is 4.44. The lowest BCUT2D eigenvalue weighted by atomic mass is 9.67. The van der Waals surface area contributed by atoms with Crippen molar-refractivity contribution in [2.45, 2.75) is 12.2 Å². The fourth-order valence-electron chi connectivity index (χ4n) is 1.39. The molecule has 0 spiro atoms. The Morgan fingerprint density at radius 1 is 1.27 bits per heavy atom. The normalized spacial score (nSPS) is 13.5. The number of nitrogens with two attached hydrogens (primary N) is 1. The lowest BCUT2D eigenvalue weighted by Crippen LogP contribution is -2.31. The topological polar surface area (TPSA) is 43.1 Å². The minimum absolute atomic E-state index is 0.0869. The molecule has 2 N–H and O–H groups in total. The Bertz CT molecular complexity index is 339. The third-order valence-electron chi connectivity index (χ3n) is 2.11. The quantitative estimate of drug-likeness (QED) is 0.768. The number of benzene rings is 1. The van der Waals surface area contributed by atoms with E-state index in [0.29, 0.717) is 0 Å². The van der Waals surface area contributed by atoms with Gasteiger partial charge in [-0.2, -0.15) is 0 Å². The highest BCUT2D eigenvalue weighted by Crippen LogP contribution is 2.32. The van der Waals surface area contributed by atoms with Crippen LogP contribution in [0.5, 0.6) is 0 Å². The predicted octanol–water partition coefficient (Wildman–Crippen LogP) is 2.03. The Morgan fingerprint density at radius 2 is 1.80 bits per heavy atom. The molecule has 0 aliphatic carbocycles. The van der Waals surface area contributed by atoms with Crippen LogP contribution in [-0.2, 0) is 4.79 Å². The van der Waals surface area contributed by atoms with Crippen molar-refractivity contribution in [3.05, 3.63) is 35.9 Å². The van der Waals surface area contributed by atoms with Gasteiger partial charge in [0.1, 0.15) is 0 Å². The molecule has 1 rings (SSSR count). The largest absolute Gasteiger partial charge is 0.486 e. The second kappa shape index (κ2) is 4.38. The fraction of sp³-hybridized carbons (Fsp3) is 0.222. The van der Waals surface area contributed by atoms with E-state index in [9.17, 15) is 17.7 Å². The second-order valence-electron chi connectivity index (χ2n) is 3.31. The molecule has 1 unspecified atom stereocenters. The van der Waals surface area contributed by atoms with Crippen molar-refractivity contribution in [2.75, 3.05) is 0 Å². The molecule has 2 nitrogen and oxygen atoms in total. The SMILES string of the molecule is NC(=O)CC(c1ccccc1)[B-](F)(F)F. The van der Waals surface area contributed by atoms with Gasteiger partial charge in [-0.05, 0) is 5.82 Å². The monoisotopic (exact) mass is 216 g/mol. The predicted molar refractivity (Wildman–Crippen MR) is 52.1 cm³/mol. The zero-order chi connectivity index (χ0) is 11.5.